The Morgan fingerprint density at radius 3 is 1.70 bits per heavy atom. The Labute approximate surface area is 191 Å². The van der Waals surface area contributed by atoms with Gasteiger partial charge in [0.25, 0.3) is 5.52 Å². The SMILES string of the molecule is CC.Nc1n[n+]([O-])c2ccccc2[n+]1[O-].[Sn].[Ti].[cH-]1[cH-][cH-][cH-][cH-]1.c1cc[cH-]c1. The van der Waals surface area contributed by atoms with Gasteiger partial charge in [0.15, 0.2) is 5.52 Å². The van der Waals surface area contributed by atoms with E-state index in [2.05, 4.69) is 5.10 Å². The first-order valence-corrected chi connectivity index (χ1v) is 7.91. The largest absolute Gasteiger partial charge is 0.748 e. The summed E-state index contributed by atoms with van der Waals surface area (Å²) in [5, 5.41) is 25.7. The molecule has 3 aromatic carbocycles. The van der Waals surface area contributed by atoms with Crippen molar-refractivity contribution in [3.8, 4) is 0 Å². The molecule has 8 heteroatoms. The molecule has 6 nitrogen and oxygen atoms in total. The third-order valence-electron chi connectivity index (χ3n) is 2.82. The van der Waals surface area contributed by atoms with Crippen molar-refractivity contribution in [2.24, 2.45) is 0 Å². The molecule has 4 rings (SSSR count). The van der Waals surface area contributed by atoms with Gasteiger partial charge in [-0.15, -0.1) is 0 Å². The summed E-state index contributed by atoms with van der Waals surface area (Å²) in [6, 6.07) is 26.3. The molecule has 0 fully saturated rings. The van der Waals surface area contributed by atoms with Gasteiger partial charge in [-0.2, -0.15) is 18.2 Å². The monoisotopic (exact) mass is 506 g/mol. The molecule has 2 N–H and O–H groups in total. The van der Waals surface area contributed by atoms with Gasteiger partial charge < -0.3 is 40.7 Å². The van der Waals surface area contributed by atoms with Gasteiger partial charge in [-0.05, 0) is 6.07 Å². The zero-order valence-corrected chi connectivity index (χ0v) is 19.7. The number of hydrogen-bond acceptors (Lipinski definition) is 4. The van der Waals surface area contributed by atoms with E-state index in [1.54, 1.807) is 12.1 Å². The molecule has 0 bridgehead atoms. The summed E-state index contributed by atoms with van der Waals surface area (Å²) >= 11 is 0. The Morgan fingerprint density at radius 2 is 1.30 bits per heavy atom. The first kappa shape index (κ1) is 27.3. The topological polar surface area (TPSA) is 92.8 Å². The molecule has 0 saturated carbocycles. The second kappa shape index (κ2) is 16.3. The van der Waals surface area contributed by atoms with Crippen LogP contribution in [0.5, 0.6) is 0 Å². The molecule has 0 aliphatic rings. The van der Waals surface area contributed by atoms with Gasteiger partial charge in [0.05, 0.1) is 0 Å². The van der Waals surface area contributed by atoms with Gasteiger partial charge in [0, 0.05) is 56.5 Å². The zero-order valence-electron chi connectivity index (χ0n) is 15.3. The van der Waals surface area contributed by atoms with E-state index < -0.39 is 0 Å². The summed E-state index contributed by atoms with van der Waals surface area (Å²) in [7, 11) is 0. The molecule has 27 heavy (non-hydrogen) atoms. The van der Waals surface area contributed by atoms with E-state index in [4.69, 9.17) is 5.73 Å². The molecule has 1 aromatic heterocycles. The minimum absolute atomic E-state index is 0. The molecule has 144 valence electrons. The average molecular weight is 505 g/mol. The second-order valence-corrected chi connectivity index (χ2v) is 4.44. The van der Waals surface area contributed by atoms with Gasteiger partial charge in [0.1, 0.15) is 0 Å². The Hall–Kier alpha value is -1.90. The van der Waals surface area contributed by atoms with E-state index in [9.17, 15) is 10.4 Å². The Morgan fingerprint density at radius 1 is 0.852 bits per heavy atom. The number of aromatic nitrogens is 3. The molecular weight excluding hydrogens is 483 g/mol. The molecule has 4 radical (unpaired) electrons. The summed E-state index contributed by atoms with van der Waals surface area (Å²) in [5.74, 6) is -0.353. The number of hydrogen-bond donors (Lipinski definition) is 1. The molecule has 0 atom stereocenters. The molecule has 0 spiro atoms. The number of para-hydroxylation sites is 2. The van der Waals surface area contributed by atoms with Crippen molar-refractivity contribution in [3.63, 3.8) is 0 Å². The van der Waals surface area contributed by atoms with Crippen LogP contribution in [0.2, 0.25) is 0 Å². The van der Waals surface area contributed by atoms with Crippen LogP contribution in [0.25, 0.3) is 11.0 Å². The van der Waals surface area contributed by atoms with Crippen LogP contribution in [0, 0.1) is 10.4 Å². The summed E-state index contributed by atoms with van der Waals surface area (Å²) in [6.45, 7) is 4.00. The molecule has 0 saturated heterocycles. The van der Waals surface area contributed by atoms with Gasteiger partial charge in [-0.25, -0.2) is 16.9 Å². The maximum absolute atomic E-state index is 11.3. The van der Waals surface area contributed by atoms with Crippen LogP contribution in [-0.4, -0.2) is 29.0 Å². The van der Waals surface area contributed by atoms with Gasteiger partial charge >= 0.3 is 5.95 Å². The van der Waals surface area contributed by atoms with Gasteiger partial charge in [-0.1, -0.05) is 26.0 Å². The normalized spacial score (nSPS) is 8.22. The number of nitrogens with zero attached hydrogens (tertiary/aromatic N) is 3. The molecule has 0 amide bonds. The molecule has 0 aliphatic heterocycles. The van der Waals surface area contributed by atoms with Crippen LogP contribution in [0.1, 0.15) is 13.8 Å². The predicted molar refractivity (Wildman–Crippen MR) is 105 cm³/mol. The van der Waals surface area contributed by atoms with E-state index in [0.717, 1.165) is 0 Å². The minimum Gasteiger partial charge on any atom is -0.748 e. The van der Waals surface area contributed by atoms with E-state index in [-0.39, 0.29) is 62.6 Å². The Balaban J connectivity index is 0. The quantitative estimate of drug-likeness (QED) is 0.172. The van der Waals surface area contributed by atoms with Crippen molar-refractivity contribution in [2.75, 3.05) is 5.73 Å². The second-order valence-electron chi connectivity index (χ2n) is 4.44. The maximum atomic E-state index is 11.3. The molecule has 1 heterocycles. The van der Waals surface area contributed by atoms with Crippen LogP contribution >= 0.6 is 0 Å². The fraction of sp³-hybridized carbons (Fsp3) is 0.105. The summed E-state index contributed by atoms with van der Waals surface area (Å²) in [6.07, 6.45) is 0. The summed E-state index contributed by atoms with van der Waals surface area (Å²) in [4.78, 5) is 0.332. The molecule has 4 aromatic rings. The van der Waals surface area contributed by atoms with E-state index in [0.29, 0.717) is 9.58 Å². The van der Waals surface area contributed by atoms with Crippen LogP contribution in [0.4, 0.5) is 5.95 Å². The summed E-state index contributed by atoms with van der Waals surface area (Å²) < 4.78 is 0.420. The van der Waals surface area contributed by atoms with E-state index >= 15 is 0 Å². The van der Waals surface area contributed by atoms with Crippen molar-refractivity contribution >= 4 is 40.9 Å². The smallest absolute Gasteiger partial charge is 0.458 e. The first-order valence-electron chi connectivity index (χ1n) is 7.91. The van der Waals surface area contributed by atoms with Crippen LogP contribution < -0.4 is 15.3 Å². The molecule has 0 aliphatic carbocycles. The minimum atomic E-state index is -0.353. The van der Waals surface area contributed by atoms with Crippen LogP contribution in [0.3, 0.4) is 0 Å². The first-order chi connectivity index (χ1) is 12.2. The van der Waals surface area contributed by atoms with Crippen molar-refractivity contribution in [1.82, 2.24) is 5.10 Å². The molecular formula is C19H22N4O2SnTi-6. The van der Waals surface area contributed by atoms with Crippen molar-refractivity contribution in [3.05, 3.63) is 95.3 Å². The number of rotatable bonds is 0. The fourth-order valence-electron chi connectivity index (χ4n) is 1.75. The van der Waals surface area contributed by atoms with Gasteiger partial charge in [0.2, 0.25) is 5.10 Å². The van der Waals surface area contributed by atoms with Gasteiger partial charge in [-0.3, -0.25) is 5.73 Å². The Kier molecular flexibility index (Phi) is 16.5. The average Bonchev–Trinajstić information content (AvgIpc) is 3.40. The number of fused-ring (bicyclic) bond motifs is 1. The van der Waals surface area contributed by atoms with Crippen molar-refractivity contribution in [1.29, 1.82) is 0 Å². The van der Waals surface area contributed by atoms with Crippen molar-refractivity contribution in [2.45, 2.75) is 13.8 Å². The number of benzene rings is 1. The van der Waals surface area contributed by atoms with E-state index in [1.807, 2.05) is 74.5 Å². The maximum Gasteiger partial charge on any atom is 0.458 e. The van der Waals surface area contributed by atoms with Crippen molar-refractivity contribution < 1.29 is 31.3 Å². The fourth-order valence-corrected chi connectivity index (χ4v) is 1.75. The Bertz CT molecular complexity index is 765. The molecule has 0 unspecified atom stereocenters. The third-order valence-corrected chi connectivity index (χ3v) is 2.82. The summed E-state index contributed by atoms with van der Waals surface area (Å²) in [5.41, 5.74) is 5.62. The predicted octanol–water partition coefficient (Wildman–Crippen LogP) is 2.54. The number of nitrogens with two attached hydrogens (primary N) is 1. The zero-order chi connectivity index (χ0) is 18.5. The number of anilines is 1. The standard InChI is InChI=1S/C7H6N4O2.2C5H5.C2H6.Sn.Ti/c8-7-9-11(13)6-4-2-1-3-5(6)10(7)12;2*1-2-4-5-3-1;1-2;;/h1-4H,(H2,8,9);2*1-5H;1-2H3;;/q;-5;-1;;;. The van der Waals surface area contributed by atoms with Crippen LogP contribution in [0.15, 0.2) is 84.9 Å². The number of nitrogen functional groups attached to an aromatic ring is 1. The van der Waals surface area contributed by atoms with Crippen LogP contribution in [-0.2, 0) is 21.7 Å². The van der Waals surface area contributed by atoms with E-state index in [1.165, 1.54) is 12.1 Å². The third kappa shape index (κ3) is 9.56.